The number of allylic oxidation sites excluding steroid dienone is 8. The van der Waals surface area contributed by atoms with Gasteiger partial charge in [-0.15, -0.1) is 0 Å². The van der Waals surface area contributed by atoms with E-state index in [0.29, 0.717) is 19.3 Å². The molecule has 81 heavy (non-hydrogen) atoms. The fourth-order valence-corrected chi connectivity index (χ4v) is 10.9. The molecule has 0 spiro atoms. The van der Waals surface area contributed by atoms with Crippen molar-refractivity contribution in [2.75, 3.05) is 13.2 Å². The Hall–Kier alpha value is -2.63. The third kappa shape index (κ3) is 68.0. The highest BCUT2D eigenvalue weighted by Crippen LogP contribution is 2.18. The number of hydrogen-bond donors (Lipinski definition) is 0. The van der Waals surface area contributed by atoms with Gasteiger partial charge in [-0.1, -0.05) is 339 Å². The van der Waals surface area contributed by atoms with E-state index in [4.69, 9.17) is 14.2 Å². The molecular weight excluding hydrogens is 997 g/mol. The molecule has 0 aromatic heterocycles. The standard InChI is InChI=1S/C75H138O6/c1-4-7-10-13-16-19-21-23-25-27-29-30-31-32-33-34-35-36-37-38-39-40-41-42-43-44-46-47-49-51-53-56-59-62-65-68-74(77)80-71-72(70-79-73(76)67-64-61-58-55-18-15-12-9-6-3)81-75(78)69-66-63-60-57-54-52-50-48-45-28-26-24-22-20-17-14-11-8-5-2/h17,20,24,26-27,29,45,48,72H,4-16,18-19,21-23,25,28,30-44,46-47,49-71H2,1-3H3/b20-17-,26-24-,29-27-,48-45-. The SMILES string of the molecule is CCCCC/C=C\C/C=C\C/C=C\CCCCCCCCC(=O)OC(COC(=O)CCCCCCCCCCC)COC(=O)CCCCCCCCCCCCCCCCCCCCCCCCC/C=C\CCCCCCCCCC. The topological polar surface area (TPSA) is 78.9 Å². The predicted molar refractivity (Wildman–Crippen MR) is 353 cm³/mol. The van der Waals surface area contributed by atoms with Crippen LogP contribution in [0.3, 0.4) is 0 Å². The van der Waals surface area contributed by atoms with Crippen LogP contribution in [-0.4, -0.2) is 37.2 Å². The second-order valence-corrected chi connectivity index (χ2v) is 24.5. The maximum Gasteiger partial charge on any atom is 0.306 e. The van der Waals surface area contributed by atoms with Crippen LogP contribution in [0.1, 0.15) is 393 Å². The van der Waals surface area contributed by atoms with Gasteiger partial charge in [0.05, 0.1) is 0 Å². The number of carbonyl (C=O) groups is 3. The molecule has 0 heterocycles. The van der Waals surface area contributed by atoms with Crippen molar-refractivity contribution in [1.29, 1.82) is 0 Å². The number of esters is 3. The monoisotopic (exact) mass is 1140 g/mol. The normalized spacial score (nSPS) is 12.3. The summed E-state index contributed by atoms with van der Waals surface area (Å²) in [5.74, 6) is -0.866. The lowest BCUT2D eigenvalue weighted by molar-refractivity contribution is -0.167. The Labute approximate surface area is 505 Å². The predicted octanol–water partition coefficient (Wildman–Crippen LogP) is 24.9. The Bertz CT molecular complexity index is 1400. The second kappa shape index (κ2) is 69.9. The minimum Gasteiger partial charge on any atom is -0.462 e. The van der Waals surface area contributed by atoms with Crippen LogP contribution in [0.5, 0.6) is 0 Å². The Morgan fingerprint density at radius 1 is 0.247 bits per heavy atom. The molecule has 0 radical (unpaired) electrons. The van der Waals surface area contributed by atoms with Crippen LogP contribution in [0.15, 0.2) is 48.6 Å². The van der Waals surface area contributed by atoms with Gasteiger partial charge in [0.2, 0.25) is 0 Å². The van der Waals surface area contributed by atoms with Crippen molar-refractivity contribution in [3.8, 4) is 0 Å². The van der Waals surface area contributed by atoms with Crippen LogP contribution >= 0.6 is 0 Å². The van der Waals surface area contributed by atoms with Crippen molar-refractivity contribution in [3.05, 3.63) is 48.6 Å². The first-order valence-electron chi connectivity index (χ1n) is 36.1. The van der Waals surface area contributed by atoms with Crippen LogP contribution in [0.25, 0.3) is 0 Å². The molecule has 0 aliphatic heterocycles. The zero-order valence-electron chi connectivity index (χ0n) is 54.6. The summed E-state index contributed by atoms with van der Waals surface area (Å²) in [5.41, 5.74) is 0. The molecule has 6 nitrogen and oxygen atoms in total. The first kappa shape index (κ1) is 78.4. The number of rotatable bonds is 67. The largest absolute Gasteiger partial charge is 0.462 e. The molecule has 0 aliphatic carbocycles. The molecule has 0 bridgehead atoms. The molecule has 0 saturated carbocycles. The van der Waals surface area contributed by atoms with Gasteiger partial charge in [0, 0.05) is 19.3 Å². The molecule has 0 saturated heterocycles. The summed E-state index contributed by atoms with van der Waals surface area (Å²) < 4.78 is 16.9. The third-order valence-electron chi connectivity index (χ3n) is 16.3. The van der Waals surface area contributed by atoms with Gasteiger partial charge in [-0.3, -0.25) is 14.4 Å². The highest BCUT2D eigenvalue weighted by atomic mass is 16.6. The van der Waals surface area contributed by atoms with Gasteiger partial charge >= 0.3 is 17.9 Å². The minimum absolute atomic E-state index is 0.0737. The number of hydrogen-bond acceptors (Lipinski definition) is 6. The minimum atomic E-state index is -0.777. The van der Waals surface area contributed by atoms with E-state index in [-0.39, 0.29) is 31.1 Å². The van der Waals surface area contributed by atoms with Crippen molar-refractivity contribution in [3.63, 3.8) is 0 Å². The Morgan fingerprint density at radius 2 is 0.444 bits per heavy atom. The number of carbonyl (C=O) groups excluding carboxylic acids is 3. The summed E-state index contributed by atoms with van der Waals surface area (Å²) in [6, 6.07) is 0. The molecule has 0 aromatic rings. The van der Waals surface area contributed by atoms with E-state index in [0.717, 1.165) is 77.0 Å². The first-order valence-corrected chi connectivity index (χ1v) is 36.1. The lowest BCUT2D eigenvalue weighted by Crippen LogP contribution is -2.30. The van der Waals surface area contributed by atoms with Gasteiger partial charge in [-0.2, -0.15) is 0 Å². The zero-order valence-corrected chi connectivity index (χ0v) is 54.6. The van der Waals surface area contributed by atoms with Crippen LogP contribution in [0.4, 0.5) is 0 Å². The summed E-state index contributed by atoms with van der Waals surface area (Å²) >= 11 is 0. The van der Waals surface area contributed by atoms with Gasteiger partial charge in [0.25, 0.3) is 0 Å². The van der Waals surface area contributed by atoms with Crippen LogP contribution in [-0.2, 0) is 28.6 Å². The number of unbranched alkanes of at least 4 members (excludes halogenated alkanes) is 48. The Morgan fingerprint density at radius 3 is 0.728 bits per heavy atom. The summed E-state index contributed by atoms with van der Waals surface area (Å²) in [7, 11) is 0. The van der Waals surface area contributed by atoms with Crippen molar-refractivity contribution in [2.24, 2.45) is 0 Å². The average Bonchev–Trinajstić information content (AvgIpc) is 3.47. The molecular formula is C75H138O6. The first-order chi connectivity index (χ1) is 40.0. The van der Waals surface area contributed by atoms with Crippen molar-refractivity contribution in [2.45, 2.75) is 399 Å². The molecule has 0 aliphatic rings. The van der Waals surface area contributed by atoms with Crippen LogP contribution in [0, 0.1) is 0 Å². The van der Waals surface area contributed by atoms with E-state index in [9.17, 15) is 14.4 Å². The molecule has 0 N–H and O–H groups in total. The molecule has 0 fully saturated rings. The van der Waals surface area contributed by atoms with Crippen molar-refractivity contribution >= 4 is 17.9 Å². The summed E-state index contributed by atoms with van der Waals surface area (Å²) in [6.07, 6.45) is 88.9. The molecule has 0 aromatic carbocycles. The molecule has 1 atom stereocenters. The second-order valence-electron chi connectivity index (χ2n) is 24.5. The van der Waals surface area contributed by atoms with Crippen LogP contribution in [0.2, 0.25) is 0 Å². The fourth-order valence-electron chi connectivity index (χ4n) is 10.9. The van der Waals surface area contributed by atoms with E-state index in [1.165, 1.54) is 276 Å². The van der Waals surface area contributed by atoms with E-state index >= 15 is 0 Å². The molecule has 6 heteroatoms. The Kier molecular flexibility index (Phi) is 67.6. The van der Waals surface area contributed by atoms with Gasteiger partial charge in [-0.25, -0.2) is 0 Å². The van der Waals surface area contributed by atoms with Crippen molar-refractivity contribution < 1.29 is 28.6 Å². The molecule has 474 valence electrons. The highest BCUT2D eigenvalue weighted by Gasteiger charge is 2.19. The lowest BCUT2D eigenvalue weighted by Gasteiger charge is -2.18. The zero-order chi connectivity index (χ0) is 58.5. The summed E-state index contributed by atoms with van der Waals surface area (Å²) in [5, 5.41) is 0. The van der Waals surface area contributed by atoms with Gasteiger partial charge in [0.15, 0.2) is 6.10 Å². The Balaban J connectivity index is 4.01. The van der Waals surface area contributed by atoms with E-state index in [1.54, 1.807) is 0 Å². The lowest BCUT2D eigenvalue weighted by atomic mass is 10.0. The maximum absolute atomic E-state index is 12.9. The van der Waals surface area contributed by atoms with Gasteiger partial charge < -0.3 is 14.2 Å². The van der Waals surface area contributed by atoms with Crippen LogP contribution < -0.4 is 0 Å². The van der Waals surface area contributed by atoms with E-state index < -0.39 is 6.10 Å². The fraction of sp³-hybridized carbons (Fsp3) is 0.853. The quantitative estimate of drug-likeness (QED) is 0.0261. The average molecular weight is 1140 g/mol. The van der Waals surface area contributed by atoms with E-state index in [1.807, 2.05) is 0 Å². The summed E-state index contributed by atoms with van der Waals surface area (Å²) in [6.45, 7) is 6.64. The van der Waals surface area contributed by atoms with E-state index in [2.05, 4.69) is 69.4 Å². The molecule has 1 unspecified atom stereocenters. The third-order valence-corrected chi connectivity index (χ3v) is 16.3. The summed E-state index contributed by atoms with van der Waals surface area (Å²) in [4.78, 5) is 38.2. The van der Waals surface area contributed by atoms with Crippen molar-refractivity contribution in [1.82, 2.24) is 0 Å². The maximum atomic E-state index is 12.9. The molecule has 0 amide bonds. The number of ether oxygens (including phenoxy) is 3. The highest BCUT2D eigenvalue weighted by molar-refractivity contribution is 5.71. The van der Waals surface area contributed by atoms with Gasteiger partial charge in [-0.05, 0) is 83.5 Å². The van der Waals surface area contributed by atoms with Gasteiger partial charge in [0.1, 0.15) is 13.2 Å². The molecule has 0 rings (SSSR count). The smallest absolute Gasteiger partial charge is 0.306 e.